The molecule has 0 saturated heterocycles. The molecule has 8 heteroatoms. The van der Waals surface area contributed by atoms with E-state index in [-0.39, 0.29) is 5.02 Å². The van der Waals surface area contributed by atoms with Crippen LogP contribution in [0.5, 0.6) is 5.75 Å². The summed E-state index contributed by atoms with van der Waals surface area (Å²) >= 11 is 11.8. The van der Waals surface area contributed by atoms with Gasteiger partial charge in [0.15, 0.2) is 0 Å². The number of carbonyl (C=O) groups excluding carboxylic acids is 2. The minimum atomic E-state index is -0.553. The molecule has 0 aliphatic rings. The van der Waals surface area contributed by atoms with Gasteiger partial charge in [0.2, 0.25) is 11.8 Å². The maximum absolute atomic E-state index is 11.9. The lowest BCUT2D eigenvalue weighted by atomic mass is 10.2. The third-order valence-electron chi connectivity index (χ3n) is 3.14. The number of hydrazone groups is 1. The van der Waals surface area contributed by atoms with Crippen molar-refractivity contribution >= 4 is 46.9 Å². The quantitative estimate of drug-likeness (QED) is 0.425. The number of amides is 2. The molecule has 0 radical (unpaired) electrons. The second kappa shape index (κ2) is 9.79. The van der Waals surface area contributed by atoms with Crippen LogP contribution in [-0.2, 0) is 9.59 Å². The zero-order chi connectivity index (χ0) is 18.9. The van der Waals surface area contributed by atoms with E-state index in [2.05, 4.69) is 15.8 Å². The molecule has 0 spiro atoms. The van der Waals surface area contributed by atoms with Gasteiger partial charge in [0.05, 0.1) is 28.6 Å². The van der Waals surface area contributed by atoms with Gasteiger partial charge in [-0.2, -0.15) is 5.10 Å². The summed E-state index contributed by atoms with van der Waals surface area (Å²) in [6.45, 7) is 2.49. The molecule has 0 aromatic heterocycles. The maximum atomic E-state index is 11.9. The molecule has 0 saturated carbocycles. The van der Waals surface area contributed by atoms with Crippen molar-refractivity contribution in [3.63, 3.8) is 0 Å². The van der Waals surface area contributed by atoms with Crippen LogP contribution in [0, 0.1) is 0 Å². The van der Waals surface area contributed by atoms with E-state index in [0.29, 0.717) is 17.3 Å². The summed E-state index contributed by atoms with van der Waals surface area (Å²) < 4.78 is 5.34. The van der Waals surface area contributed by atoms with Crippen molar-refractivity contribution < 1.29 is 14.3 Å². The van der Waals surface area contributed by atoms with Crippen molar-refractivity contribution in [3.05, 3.63) is 58.1 Å². The molecular weight excluding hydrogens is 377 g/mol. The number of hydrogen-bond acceptors (Lipinski definition) is 4. The lowest BCUT2D eigenvalue weighted by Gasteiger charge is -2.07. The fraction of sp³-hybridized carbons (Fsp3) is 0.167. The molecule has 26 heavy (non-hydrogen) atoms. The van der Waals surface area contributed by atoms with Gasteiger partial charge in [0.1, 0.15) is 12.2 Å². The Hall–Kier alpha value is -2.57. The number of rotatable bonds is 7. The zero-order valence-electron chi connectivity index (χ0n) is 14.0. The zero-order valence-corrected chi connectivity index (χ0v) is 15.5. The first-order valence-corrected chi connectivity index (χ1v) is 8.54. The lowest BCUT2D eigenvalue weighted by Crippen LogP contribution is -2.24. The molecule has 0 heterocycles. The van der Waals surface area contributed by atoms with E-state index in [1.807, 2.05) is 6.92 Å². The van der Waals surface area contributed by atoms with Crippen LogP contribution >= 0.6 is 23.2 Å². The normalized spacial score (nSPS) is 10.6. The Morgan fingerprint density at radius 1 is 1.12 bits per heavy atom. The minimum absolute atomic E-state index is 0.219. The highest BCUT2D eigenvalue weighted by Gasteiger charge is 2.11. The Kier molecular flexibility index (Phi) is 7.44. The average Bonchev–Trinajstić information content (AvgIpc) is 2.60. The van der Waals surface area contributed by atoms with Crippen molar-refractivity contribution in [3.8, 4) is 5.75 Å². The number of carbonyl (C=O) groups is 2. The van der Waals surface area contributed by atoms with E-state index in [1.165, 1.54) is 6.21 Å². The number of ether oxygens (including phenoxy) is 1. The molecule has 136 valence electrons. The van der Waals surface area contributed by atoms with Crippen LogP contribution in [0.3, 0.4) is 0 Å². The monoisotopic (exact) mass is 393 g/mol. The molecule has 0 bridgehead atoms. The van der Waals surface area contributed by atoms with Crippen molar-refractivity contribution in [2.24, 2.45) is 5.10 Å². The smallest absolute Gasteiger partial charge is 0.249 e. The van der Waals surface area contributed by atoms with Crippen molar-refractivity contribution in [2.75, 3.05) is 11.9 Å². The lowest BCUT2D eigenvalue weighted by molar-refractivity contribution is -0.126. The Labute approximate surface area is 161 Å². The third kappa shape index (κ3) is 6.06. The molecule has 0 fully saturated rings. The second-order valence-corrected chi connectivity index (χ2v) is 5.91. The number of halogens is 2. The van der Waals surface area contributed by atoms with E-state index in [4.69, 9.17) is 27.9 Å². The number of hydrogen-bond donors (Lipinski definition) is 2. The van der Waals surface area contributed by atoms with E-state index in [9.17, 15) is 9.59 Å². The molecule has 0 aliphatic heterocycles. The minimum Gasteiger partial charge on any atom is -0.494 e. The van der Waals surface area contributed by atoms with Gasteiger partial charge < -0.3 is 10.1 Å². The second-order valence-electron chi connectivity index (χ2n) is 5.12. The highest BCUT2D eigenvalue weighted by Crippen LogP contribution is 2.29. The van der Waals surface area contributed by atoms with E-state index in [0.717, 1.165) is 11.3 Å². The fourth-order valence-corrected chi connectivity index (χ4v) is 2.32. The predicted octanol–water partition coefficient (Wildman–Crippen LogP) is 3.87. The van der Waals surface area contributed by atoms with Gasteiger partial charge in [-0.15, -0.1) is 0 Å². The van der Waals surface area contributed by atoms with E-state index in [1.54, 1.807) is 42.5 Å². The van der Waals surface area contributed by atoms with Crippen LogP contribution in [0.4, 0.5) is 5.69 Å². The maximum Gasteiger partial charge on any atom is 0.249 e. The fourth-order valence-electron chi connectivity index (χ4n) is 1.98. The Morgan fingerprint density at radius 3 is 2.54 bits per heavy atom. The van der Waals surface area contributed by atoms with Crippen molar-refractivity contribution in [1.29, 1.82) is 0 Å². The summed E-state index contributed by atoms with van der Waals surface area (Å²) in [6.07, 6.45) is 1.07. The standard InChI is InChI=1S/C18H17Cl2N3O3/c1-2-26-13-8-6-12(7-9-13)11-21-23-17(25)10-16(24)22-15-5-3-4-14(19)18(15)20/h3-9,11H,2,10H2,1H3,(H,22,24)(H,23,25). The van der Waals surface area contributed by atoms with Gasteiger partial charge in [-0.05, 0) is 48.9 Å². The SMILES string of the molecule is CCOc1ccc(C=NNC(=O)CC(=O)Nc2cccc(Cl)c2Cl)cc1. The van der Waals surface area contributed by atoms with Gasteiger partial charge in [-0.25, -0.2) is 5.43 Å². The summed E-state index contributed by atoms with van der Waals surface area (Å²) in [5.41, 5.74) is 3.42. The average molecular weight is 394 g/mol. The van der Waals surface area contributed by atoms with Crippen LogP contribution in [0.1, 0.15) is 18.9 Å². The van der Waals surface area contributed by atoms with Crippen molar-refractivity contribution in [1.82, 2.24) is 5.43 Å². The van der Waals surface area contributed by atoms with Crippen LogP contribution in [0.15, 0.2) is 47.6 Å². The Morgan fingerprint density at radius 2 is 1.85 bits per heavy atom. The molecule has 0 aliphatic carbocycles. The molecule has 2 aromatic carbocycles. The summed E-state index contributed by atoms with van der Waals surface area (Å²) in [4.78, 5) is 23.6. The highest BCUT2D eigenvalue weighted by atomic mass is 35.5. The van der Waals surface area contributed by atoms with Gasteiger partial charge >= 0.3 is 0 Å². The third-order valence-corrected chi connectivity index (χ3v) is 3.96. The molecule has 2 amide bonds. The van der Waals surface area contributed by atoms with Crippen LogP contribution in [0.2, 0.25) is 10.0 Å². The van der Waals surface area contributed by atoms with Gasteiger partial charge in [0.25, 0.3) is 0 Å². The van der Waals surface area contributed by atoms with Crippen molar-refractivity contribution in [2.45, 2.75) is 13.3 Å². The van der Waals surface area contributed by atoms with E-state index < -0.39 is 18.2 Å². The largest absolute Gasteiger partial charge is 0.494 e. The molecule has 2 aromatic rings. The van der Waals surface area contributed by atoms with Crippen LogP contribution in [-0.4, -0.2) is 24.6 Å². The number of nitrogens with zero attached hydrogens (tertiary/aromatic N) is 1. The van der Waals surface area contributed by atoms with Gasteiger partial charge in [-0.3, -0.25) is 9.59 Å². The molecule has 2 N–H and O–H groups in total. The Bertz CT molecular complexity index is 808. The Balaban J connectivity index is 1.82. The summed E-state index contributed by atoms with van der Waals surface area (Å²) in [7, 11) is 0. The first-order chi connectivity index (χ1) is 12.5. The molecule has 0 unspecified atom stereocenters. The molecule has 2 rings (SSSR count). The predicted molar refractivity (Wildman–Crippen MR) is 103 cm³/mol. The van der Waals surface area contributed by atoms with Crippen LogP contribution < -0.4 is 15.5 Å². The number of nitrogens with one attached hydrogen (secondary N) is 2. The van der Waals surface area contributed by atoms with Crippen LogP contribution in [0.25, 0.3) is 0 Å². The topological polar surface area (TPSA) is 79.8 Å². The summed E-state index contributed by atoms with van der Waals surface area (Å²) in [6, 6.07) is 12.0. The first kappa shape index (κ1) is 19.8. The first-order valence-electron chi connectivity index (χ1n) is 7.78. The highest BCUT2D eigenvalue weighted by molar-refractivity contribution is 6.44. The number of anilines is 1. The molecular formula is C18H17Cl2N3O3. The number of benzene rings is 2. The molecule has 6 nitrogen and oxygen atoms in total. The van der Waals surface area contributed by atoms with E-state index >= 15 is 0 Å². The molecule has 0 atom stereocenters. The summed E-state index contributed by atoms with van der Waals surface area (Å²) in [5.74, 6) is -0.323. The van der Waals surface area contributed by atoms with Gasteiger partial charge in [-0.1, -0.05) is 29.3 Å². The van der Waals surface area contributed by atoms with Gasteiger partial charge in [0, 0.05) is 0 Å². The summed E-state index contributed by atoms with van der Waals surface area (Å²) in [5, 5.41) is 6.88.